The quantitative estimate of drug-likeness (QED) is 0.260. The number of aliphatic hydroxyl groups excluding tert-OH is 1. The third kappa shape index (κ3) is 6.70. The van der Waals surface area contributed by atoms with Crippen LogP contribution in [0.3, 0.4) is 0 Å². The normalized spacial score (nSPS) is 16.1. The SMILES string of the molecule is CCc1nn(-c2ccccc2)c(Oc2ccccc2)c1CN(C[C@H](O)Cc1ccccc1)C[C@H]1CCCO1. The standard InChI is InChI=1S/C32H37N3O3/c1-2-31-30(32(38-28-17-10-5-11-18-28)35(33-31)26-15-8-4-9-16-26)24-34(23-29-19-12-20-37-29)22-27(36)21-25-13-6-3-7-14-25/h3-11,13-18,27,29,36H,2,12,19-24H2,1H3/t27-,29-/m1/s1. The van der Waals surface area contributed by atoms with E-state index in [1.165, 1.54) is 0 Å². The maximum Gasteiger partial charge on any atom is 0.227 e. The number of rotatable bonds is 12. The highest BCUT2D eigenvalue weighted by atomic mass is 16.5. The number of para-hydroxylation sites is 2. The predicted octanol–water partition coefficient (Wildman–Crippen LogP) is 5.81. The van der Waals surface area contributed by atoms with Crippen LogP contribution in [0.2, 0.25) is 0 Å². The highest BCUT2D eigenvalue weighted by molar-refractivity contribution is 5.43. The Balaban J connectivity index is 1.46. The average Bonchev–Trinajstić information content (AvgIpc) is 3.58. The van der Waals surface area contributed by atoms with Gasteiger partial charge in [0.1, 0.15) is 5.75 Å². The summed E-state index contributed by atoms with van der Waals surface area (Å²) in [5.74, 6) is 1.48. The fourth-order valence-electron chi connectivity index (χ4n) is 5.12. The van der Waals surface area contributed by atoms with Crippen LogP contribution in [0.1, 0.15) is 36.6 Å². The summed E-state index contributed by atoms with van der Waals surface area (Å²) >= 11 is 0. The van der Waals surface area contributed by atoms with Crippen molar-refractivity contribution in [2.24, 2.45) is 0 Å². The second kappa shape index (κ2) is 12.9. The van der Waals surface area contributed by atoms with E-state index >= 15 is 0 Å². The van der Waals surface area contributed by atoms with Crippen LogP contribution >= 0.6 is 0 Å². The molecule has 0 spiro atoms. The second-order valence-corrected chi connectivity index (χ2v) is 9.92. The number of aromatic nitrogens is 2. The van der Waals surface area contributed by atoms with Gasteiger partial charge in [0.25, 0.3) is 0 Å². The molecule has 5 rings (SSSR count). The third-order valence-electron chi connectivity index (χ3n) is 6.96. The highest BCUT2D eigenvalue weighted by Gasteiger charge is 2.26. The first kappa shape index (κ1) is 26.2. The van der Waals surface area contributed by atoms with Gasteiger partial charge in [0.05, 0.1) is 29.2 Å². The molecule has 38 heavy (non-hydrogen) atoms. The van der Waals surface area contributed by atoms with E-state index in [1.807, 2.05) is 83.5 Å². The molecule has 0 amide bonds. The summed E-state index contributed by atoms with van der Waals surface area (Å²) in [5, 5.41) is 16.1. The Hall–Kier alpha value is -3.45. The van der Waals surface area contributed by atoms with Crippen molar-refractivity contribution in [2.45, 2.75) is 51.4 Å². The van der Waals surface area contributed by atoms with Crippen LogP contribution in [-0.4, -0.2) is 51.7 Å². The van der Waals surface area contributed by atoms with Gasteiger partial charge >= 0.3 is 0 Å². The zero-order chi connectivity index (χ0) is 26.2. The molecule has 0 bridgehead atoms. The maximum absolute atomic E-state index is 11.1. The first-order valence-corrected chi connectivity index (χ1v) is 13.6. The minimum Gasteiger partial charge on any atom is -0.439 e. The van der Waals surface area contributed by atoms with Crippen LogP contribution < -0.4 is 4.74 Å². The molecular weight excluding hydrogens is 474 g/mol. The van der Waals surface area contributed by atoms with Crippen LogP contribution in [-0.2, 0) is 24.1 Å². The van der Waals surface area contributed by atoms with Gasteiger partial charge in [0.2, 0.25) is 5.88 Å². The Morgan fingerprint density at radius 2 is 1.68 bits per heavy atom. The van der Waals surface area contributed by atoms with Crippen LogP contribution in [0.5, 0.6) is 11.6 Å². The lowest BCUT2D eigenvalue weighted by molar-refractivity contribution is 0.0461. The molecule has 1 aromatic heterocycles. The summed E-state index contributed by atoms with van der Waals surface area (Å²) in [6, 6.07) is 30.2. The van der Waals surface area contributed by atoms with Crippen molar-refractivity contribution >= 4 is 0 Å². The molecule has 6 heteroatoms. The van der Waals surface area contributed by atoms with Gasteiger partial charge in [-0.1, -0.05) is 73.7 Å². The fraction of sp³-hybridized carbons (Fsp3) is 0.344. The van der Waals surface area contributed by atoms with Crippen LogP contribution in [0.15, 0.2) is 91.0 Å². The summed E-state index contributed by atoms with van der Waals surface area (Å²) in [6.45, 7) is 4.85. The van der Waals surface area contributed by atoms with Crippen LogP contribution in [0.25, 0.3) is 5.69 Å². The van der Waals surface area contributed by atoms with E-state index in [-0.39, 0.29) is 6.10 Å². The second-order valence-electron chi connectivity index (χ2n) is 9.92. The Morgan fingerprint density at radius 3 is 2.34 bits per heavy atom. The van der Waals surface area contributed by atoms with Gasteiger partial charge in [-0.05, 0) is 55.5 Å². The molecule has 1 N–H and O–H groups in total. The maximum atomic E-state index is 11.1. The Kier molecular flexibility index (Phi) is 8.86. The lowest BCUT2D eigenvalue weighted by atomic mass is 10.1. The number of benzene rings is 3. The summed E-state index contributed by atoms with van der Waals surface area (Å²) in [5.41, 5.74) is 4.13. The fourth-order valence-corrected chi connectivity index (χ4v) is 5.12. The molecule has 0 unspecified atom stereocenters. The van der Waals surface area contributed by atoms with E-state index < -0.39 is 6.10 Å². The van der Waals surface area contributed by atoms with Gasteiger partial charge in [-0.3, -0.25) is 4.90 Å². The molecule has 1 fully saturated rings. The molecule has 2 heterocycles. The molecule has 0 radical (unpaired) electrons. The monoisotopic (exact) mass is 511 g/mol. The van der Waals surface area contributed by atoms with E-state index in [0.717, 1.165) is 60.7 Å². The first-order chi connectivity index (χ1) is 18.7. The number of aliphatic hydroxyl groups is 1. The molecule has 6 nitrogen and oxygen atoms in total. The van der Waals surface area contributed by atoms with Crippen molar-refractivity contribution in [3.63, 3.8) is 0 Å². The summed E-state index contributed by atoms with van der Waals surface area (Å²) < 4.78 is 14.4. The number of hydrogen-bond acceptors (Lipinski definition) is 5. The number of hydrogen-bond donors (Lipinski definition) is 1. The largest absolute Gasteiger partial charge is 0.439 e. The van der Waals surface area contributed by atoms with Gasteiger partial charge in [0.15, 0.2) is 0 Å². The molecule has 1 aliphatic rings. The summed E-state index contributed by atoms with van der Waals surface area (Å²) in [4.78, 5) is 2.31. The average molecular weight is 512 g/mol. The minimum atomic E-state index is -0.494. The van der Waals surface area contributed by atoms with Crippen LogP contribution in [0, 0.1) is 0 Å². The van der Waals surface area contributed by atoms with E-state index in [0.29, 0.717) is 25.4 Å². The lowest BCUT2D eigenvalue weighted by Crippen LogP contribution is -2.38. The van der Waals surface area contributed by atoms with Gasteiger partial charge in [0, 0.05) is 26.2 Å². The number of ether oxygens (including phenoxy) is 2. The highest BCUT2D eigenvalue weighted by Crippen LogP contribution is 2.32. The number of nitrogens with zero attached hydrogens (tertiary/aromatic N) is 3. The first-order valence-electron chi connectivity index (χ1n) is 13.6. The molecule has 4 aromatic rings. The summed E-state index contributed by atoms with van der Waals surface area (Å²) in [7, 11) is 0. The number of aryl methyl sites for hydroxylation is 1. The Labute approximate surface area is 225 Å². The van der Waals surface area contributed by atoms with Crippen molar-refractivity contribution in [3.8, 4) is 17.3 Å². The Bertz CT molecular complexity index is 1260. The van der Waals surface area contributed by atoms with Crippen molar-refractivity contribution < 1.29 is 14.6 Å². The van der Waals surface area contributed by atoms with E-state index in [2.05, 4.69) is 24.0 Å². The van der Waals surface area contributed by atoms with Crippen molar-refractivity contribution in [1.82, 2.24) is 14.7 Å². The molecule has 0 saturated carbocycles. The molecule has 3 aromatic carbocycles. The van der Waals surface area contributed by atoms with E-state index in [9.17, 15) is 5.11 Å². The van der Waals surface area contributed by atoms with Gasteiger partial charge in [-0.15, -0.1) is 0 Å². The van der Waals surface area contributed by atoms with Gasteiger partial charge in [-0.2, -0.15) is 5.10 Å². The summed E-state index contributed by atoms with van der Waals surface area (Å²) in [6.07, 6.45) is 3.20. The van der Waals surface area contributed by atoms with Gasteiger partial charge < -0.3 is 14.6 Å². The Morgan fingerprint density at radius 1 is 1.00 bits per heavy atom. The van der Waals surface area contributed by atoms with Crippen molar-refractivity contribution in [3.05, 3.63) is 108 Å². The molecule has 198 valence electrons. The molecule has 1 saturated heterocycles. The van der Waals surface area contributed by atoms with Crippen molar-refractivity contribution in [1.29, 1.82) is 0 Å². The van der Waals surface area contributed by atoms with Gasteiger partial charge in [-0.25, -0.2) is 4.68 Å². The zero-order valence-electron chi connectivity index (χ0n) is 22.1. The molecule has 2 atom stereocenters. The van der Waals surface area contributed by atoms with E-state index in [1.54, 1.807) is 0 Å². The minimum absolute atomic E-state index is 0.173. The lowest BCUT2D eigenvalue weighted by Gasteiger charge is -2.28. The predicted molar refractivity (Wildman–Crippen MR) is 150 cm³/mol. The van der Waals surface area contributed by atoms with E-state index in [4.69, 9.17) is 14.6 Å². The van der Waals surface area contributed by atoms with Crippen molar-refractivity contribution in [2.75, 3.05) is 19.7 Å². The van der Waals surface area contributed by atoms with Crippen LogP contribution in [0.4, 0.5) is 0 Å². The topological polar surface area (TPSA) is 59.8 Å². The molecule has 0 aliphatic carbocycles. The molecule has 1 aliphatic heterocycles. The third-order valence-corrected chi connectivity index (χ3v) is 6.96. The zero-order valence-corrected chi connectivity index (χ0v) is 22.1. The smallest absolute Gasteiger partial charge is 0.227 e. The molecular formula is C32H37N3O3.